The van der Waals surface area contributed by atoms with Gasteiger partial charge in [-0.15, -0.1) is 0 Å². The van der Waals surface area contributed by atoms with Crippen molar-refractivity contribution in [2.75, 3.05) is 5.32 Å². The van der Waals surface area contributed by atoms with Crippen LogP contribution in [0.4, 0.5) is 11.4 Å². The van der Waals surface area contributed by atoms with Crippen LogP contribution < -0.4 is 11.1 Å². The molecule has 17 heavy (non-hydrogen) atoms. The molecule has 0 aliphatic rings. The molecule has 3 N–H and O–H groups in total. The third kappa shape index (κ3) is 3.15. The Morgan fingerprint density at radius 2 is 2.00 bits per heavy atom. The first-order valence-electron chi connectivity index (χ1n) is 4.93. The summed E-state index contributed by atoms with van der Waals surface area (Å²) in [7, 11) is 0. The van der Waals surface area contributed by atoms with Crippen molar-refractivity contribution in [3.63, 3.8) is 0 Å². The van der Waals surface area contributed by atoms with E-state index >= 15 is 0 Å². The molecule has 0 unspecified atom stereocenters. The highest BCUT2D eigenvalue weighted by molar-refractivity contribution is 7.80. The highest BCUT2D eigenvalue weighted by Crippen LogP contribution is 2.20. The van der Waals surface area contributed by atoms with Crippen molar-refractivity contribution in [2.45, 2.75) is 0 Å². The van der Waals surface area contributed by atoms with Gasteiger partial charge in [0.2, 0.25) is 0 Å². The first-order chi connectivity index (χ1) is 8.15. The van der Waals surface area contributed by atoms with Gasteiger partial charge in [-0.2, -0.15) is 0 Å². The molecule has 0 radical (unpaired) electrons. The van der Waals surface area contributed by atoms with E-state index in [0.29, 0.717) is 10.7 Å². The molecule has 1 aromatic carbocycles. The number of hydrogen-bond acceptors (Lipinski definition) is 3. The first kappa shape index (κ1) is 11.8. The second-order valence-corrected chi connectivity index (χ2v) is 4.31. The van der Waals surface area contributed by atoms with Crippen molar-refractivity contribution < 1.29 is 0 Å². The lowest BCUT2D eigenvalue weighted by atomic mass is 10.2. The number of pyridine rings is 1. The minimum Gasteiger partial charge on any atom is -0.388 e. The van der Waals surface area contributed by atoms with Crippen LogP contribution in [0.15, 0.2) is 42.6 Å². The van der Waals surface area contributed by atoms with E-state index in [1.165, 1.54) is 0 Å². The largest absolute Gasteiger partial charge is 0.388 e. The van der Waals surface area contributed by atoms with Crippen molar-refractivity contribution in [3.8, 4) is 0 Å². The van der Waals surface area contributed by atoms with Crippen LogP contribution in [0.2, 0.25) is 5.02 Å². The molecular weight excluding hydrogens is 254 g/mol. The topological polar surface area (TPSA) is 50.9 Å². The van der Waals surface area contributed by atoms with Gasteiger partial charge in [-0.05, 0) is 30.3 Å². The van der Waals surface area contributed by atoms with Gasteiger partial charge in [0.25, 0.3) is 0 Å². The summed E-state index contributed by atoms with van der Waals surface area (Å²) in [5, 5.41) is 3.88. The van der Waals surface area contributed by atoms with Crippen LogP contribution in [0.3, 0.4) is 0 Å². The summed E-state index contributed by atoms with van der Waals surface area (Å²) in [6, 6.07) is 11.1. The quantitative estimate of drug-likeness (QED) is 0.836. The Morgan fingerprint density at radius 3 is 2.71 bits per heavy atom. The van der Waals surface area contributed by atoms with E-state index in [0.717, 1.165) is 11.4 Å². The molecule has 0 spiro atoms. The number of aromatic nitrogens is 1. The third-order valence-corrected chi connectivity index (χ3v) is 2.57. The molecule has 0 aliphatic heterocycles. The molecule has 0 saturated carbocycles. The van der Waals surface area contributed by atoms with Gasteiger partial charge >= 0.3 is 0 Å². The van der Waals surface area contributed by atoms with E-state index in [9.17, 15) is 0 Å². The third-order valence-electron chi connectivity index (χ3n) is 2.13. The van der Waals surface area contributed by atoms with Crippen molar-refractivity contribution in [3.05, 3.63) is 53.3 Å². The number of nitrogens with zero attached hydrogens (tertiary/aromatic N) is 1. The van der Waals surface area contributed by atoms with Crippen LogP contribution in [0, 0.1) is 0 Å². The molecule has 0 aliphatic carbocycles. The van der Waals surface area contributed by atoms with Crippen molar-refractivity contribution in [2.24, 2.45) is 5.73 Å². The second kappa shape index (κ2) is 5.12. The molecule has 2 rings (SSSR count). The van der Waals surface area contributed by atoms with Crippen molar-refractivity contribution >= 4 is 40.2 Å². The lowest BCUT2D eigenvalue weighted by molar-refractivity contribution is 1.29. The zero-order chi connectivity index (χ0) is 12.3. The molecular formula is C12H10ClN3S. The van der Waals surface area contributed by atoms with Crippen LogP contribution >= 0.6 is 23.8 Å². The van der Waals surface area contributed by atoms with Crippen LogP contribution in [-0.4, -0.2) is 9.97 Å². The smallest absolute Gasteiger partial charge is 0.122 e. The van der Waals surface area contributed by atoms with Gasteiger partial charge in [-0.3, -0.25) is 4.98 Å². The molecule has 0 fully saturated rings. The number of rotatable bonds is 3. The van der Waals surface area contributed by atoms with Crippen LogP contribution in [0.25, 0.3) is 0 Å². The standard InChI is InChI=1S/C12H10ClN3S/c13-8-2-1-3-9(6-8)16-10-4-5-15-11(7-10)12(14)17/h1-7H,(H2,14,17)(H,15,16). The number of nitrogens with one attached hydrogen (secondary N) is 1. The summed E-state index contributed by atoms with van der Waals surface area (Å²) in [6.45, 7) is 0. The molecule has 0 atom stereocenters. The SMILES string of the molecule is NC(=S)c1cc(Nc2cccc(Cl)c2)ccn1. The highest BCUT2D eigenvalue weighted by Gasteiger charge is 2.00. The Balaban J connectivity index is 2.24. The molecule has 2 aromatic rings. The summed E-state index contributed by atoms with van der Waals surface area (Å²) >= 11 is 10.8. The van der Waals surface area contributed by atoms with Crippen LogP contribution in [-0.2, 0) is 0 Å². The second-order valence-electron chi connectivity index (χ2n) is 3.43. The molecule has 0 bridgehead atoms. The minimum absolute atomic E-state index is 0.278. The Morgan fingerprint density at radius 1 is 1.24 bits per heavy atom. The summed E-state index contributed by atoms with van der Waals surface area (Å²) in [5.74, 6) is 0. The Labute approximate surface area is 110 Å². The fourth-order valence-corrected chi connectivity index (χ4v) is 1.68. The summed E-state index contributed by atoms with van der Waals surface area (Å²) in [5.41, 5.74) is 7.88. The van der Waals surface area contributed by atoms with Crippen LogP contribution in [0.5, 0.6) is 0 Å². The maximum Gasteiger partial charge on any atom is 0.122 e. The van der Waals surface area contributed by atoms with Crippen molar-refractivity contribution in [1.82, 2.24) is 4.98 Å². The molecule has 86 valence electrons. The minimum atomic E-state index is 0.278. The summed E-state index contributed by atoms with van der Waals surface area (Å²) < 4.78 is 0. The Bertz CT molecular complexity index is 557. The predicted molar refractivity (Wildman–Crippen MR) is 74.9 cm³/mol. The lowest BCUT2D eigenvalue weighted by Crippen LogP contribution is -2.11. The predicted octanol–water partition coefficient (Wildman–Crippen LogP) is 3.11. The number of thiocarbonyl (C=S) groups is 1. The number of nitrogens with two attached hydrogens (primary N) is 1. The van der Waals surface area contributed by atoms with E-state index in [1.807, 2.05) is 30.3 Å². The van der Waals surface area contributed by atoms with Gasteiger partial charge in [0, 0.05) is 22.6 Å². The lowest BCUT2D eigenvalue weighted by Gasteiger charge is -2.07. The Kier molecular flexibility index (Phi) is 3.56. The van der Waals surface area contributed by atoms with Gasteiger partial charge in [-0.25, -0.2) is 0 Å². The number of anilines is 2. The molecule has 1 heterocycles. The highest BCUT2D eigenvalue weighted by atomic mass is 35.5. The van der Waals surface area contributed by atoms with Crippen LogP contribution in [0.1, 0.15) is 5.69 Å². The van der Waals surface area contributed by atoms with Gasteiger partial charge in [-0.1, -0.05) is 29.9 Å². The molecule has 0 saturated heterocycles. The normalized spacial score (nSPS) is 9.94. The zero-order valence-electron chi connectivity index (χ0n) is 8.85. The van der Waals surface area contributed by atoms with E-state index in [2.05, 4.69) is 10.3 Å². The monoisotopic (exact) mass is 263 g/mol. The first-order valence-corrected chi connectivity index (χ1v) is 5.72. The van der Waals surface area contributed by atoms with E-state index < -0.39 is 0 Å². The van der Waals surface area contributed by atoms with Crippen molar-refractivity contribution in [1.29, 1.82) is 0 Å². The fraction of sp³-hybridized carbons (Fsp3) is 0. The Hall–Kier alpha value is -1.65. The number of halogens is 1. The number of benzene rings is 1. The van der Waals surface area contributed by atoms with Gasteiger partial charge in [0.1, 0.15) is 4.99 Å². The fourth-order valence-electron chi connectivity index (χ4n) is 1.38. The molecule has 0 amide bonds. The van der Waals surface area contributed by atoms with Gasteiger partial charge in [0.15, 0.2) is 0 Å². The maximum atomic E-state index is 5.90. The van der Waals surface area contributed by atoms with E-state index in [4.69, 9.17) is 29.6 Å². The van der Waals surface area contributed by atoms with E-state index in [1.54, 1.807) is 12.3 Å². The summed E-state index contributed by atoms with van der Waals surface area (Å²) in [6.07, 6.45) is 1.65. The van der Waals surface area contributed by atoms with Gasteiger partial charge < -0.3 is 11.1 Å². The molecule has 1 aromatic heterocycles. The molecule has 3 nitrogen and oxygen atoms in total. The van der Waals surface area contributed by atoms with Gasteiger partial charge in [0.05, 0.1) is 5.69 Å². The maximum absolute atomic E-state index is 5.90. The number of hydrogen-bond donors (Lipinski definition) is 2. The average molecular weight is 264 g/mol. The zero-order valence-corrected chi connectivity index (χ0v) is 10.4. The summed E-state index contributed by atoms with van der Waals surface area (Å²) in [4.78, 5) is 4.34. The van der Waals surface area contributed by atoms with E-state index in [-0.39, 0.29) is 4.99 Å². The molecule has 5 heteroatoms. The average Bonchev–Trinajstić information content (AvgIpc) is 2.29.